The largest absolute Gasteiger partial charge is 0.370 e. The molecule has 0 bridgehead atoms. The third-order valence-corrected chi connectivity index (χ3v) is 4.82. The zero-order valence-electron chi connectivity index (χ0n) is 14.9. The van der Waals surface area contributed by atoms with Gasteiger partial charge in [-0.05, 0) is 23.4 Å². The van der Waals surface area contributed by atoms with E-state index in [4.69, 9.17) is 5.73 Å². The van der Waals surface area contributed by atoms with Gasteiger partial charge >= 0.3 is 0 Å². The number of hydrogen-bond acceptors (Lipinski definition) is 5. The van der Waals surface area contributed by atoms with E-state index in [2.05, 4.69) is 55.3 Å². The average Bonchev–Trinajstić information content (AvgIpc) is 2.68. The maximum atomic E-state index is 6.18. The molecule has 0 saturated carbocycles. The van der Waals surface area contributed by atoms with Crippen LogP contribution in [-0.2, 0) is 12.3 Å². The first-order valence-corrected chi connectivity index (χ1v) is 9.79. The van der Waals surface area contributed by atoms with Crippen LogP contribution >= 0.6 is 35.7 Å². The van der Waals surface area contributed by atoms with Gasteiger partial charge in [-0.25, -0.2) is 15.0 Å². The van der Waals surface area contributed by atoms with Crippen LogP contribution in [0.2, 0.25) is 0 Å². The number of thioether (sulfide) groups is 1. The van der Waals surface area contributed by atoms with Crippen LogP contribution in [-0.4, -0.2) is 53.3 Å². The molecule has 2 aromatic rings. The average molecular weight is 484 g/mol. The highest BCUT2D eigenvalue weighted by Crippen LogP contribution is 2.12. The number of piperazine rings is 1. The lowest BCUT2D eigenvalue weighted by Gasteiger charge is -2.35. The summed E-state index contributed by atoms with van der Waals surface area (Å²) in [6, 6.07) is 10.4. The fourth-order valence-electron chi connectivity index (χ4n) is 2.77. The monoisotopic (exact) mass is 484 g/mol. The number of rotatable bonds is 5. The molecule has 1 aromatic carbocycles. The minimum absolute atomic E-state index is 0. The molecule has 8 heteroatoms. The van der Waals surface area contributed by atoms with E-state index in [0.29, 0.717) is 12.5 Å². The van der Waals surface area contributed by atoms with Crippen molar-refractivity contribution in [2.75, 3.05) is 37.3 Å². The van der Waals surface area contributed by atoms with E-state index in [-0.39, 0.29) is 24.0 Å². The fourth-order valence-corrected chi connectivity index (χ4v) is 3.30. The minimum Gasteiger partial charge on any atom is -0.370 e. The molecular weight excluding hydrogens is 459 g/mol. The van der Waals surface area contributed by atoms with Crippen molar-refractivity contribution in [3.8, 4) is 0 Å². The quantitative estimate of drug-likeness (QED) is 0.400. The van der Waals surface area contributed by atoms with Crippen LogP contribution in [0.25, 0.3) is 0 Å². The number of nitrogens with two attached hydrogens (primary N) is 1. The number of aromatic nitrogens is 2. The third-order valence-electron chi connectivity index (χ3n) is 4.20. The Morgan fingerprint density at radius 2 is 1.69 bits per heavy atom. The van der Waals surface area contributed by atoms with Crippen molar-refractivity contribution in [1.29, 1.82) is 0 Å². The number of anilines is 1. The van der Waals surface area contributed by atoms with E-state index in [1.54, 1.807) is 12.4 Å². The highest BCUT2D eigenvalue weighted by atomic mass is 127. The molecule has 2 heterocycles. The zero-order chi connectivity index (χ0) is 17.5. The zero-order valence-corrected chi connectivity index (χ0v) is 18.1. The molecule has 3 rings (SSSR count). The third kappa shape index (κ3) is 5.73. The van der Waals surface area contributed by atoms with Crippen molar-refractivity contribution in [1.82, 2.24) is 14.9 Å². The summed E-state index contributed by atoms with van der Waals surface area (Å²) >= 11 is 1.83. The van der Waals surface area contributed by atoms with E-state index in [1.165, 1.54) is 11.1 Å². The van der Waals surface area contributed by atoms with Gasteiger partial charge < -0.3 is 15.5 Å². The highest BCUT2D eigenvalue weighted by molar-refractivity contribution is 14.0. The molecule has 1 aliphatic heterocycles. The Morgan fingerprint density at radius 3 is 2.31 bits per heavy atom. The van der Waals surface area contributed by atoms with E-state index in [9.17, 15) is 0 Å². The molecule has 0 amide bonds. The van der Waals surface area contributed by atoms with Crippen molar-refractivity contribution in [2.45, 2.75) is 12.3 Å². The lowest BCUT2D eigenvalue weighted by Crippen LogP contribution is -2.51. The topological polar surface area (TPSA) is 70.6 Å². The maximum Gasteiger partial charge on any atom is 0.225 e. The van der Waals surface area contributed by atoms with Gasteiger partial charge in [-0.1, -0.05) is 24.3 Å². The van der Waals surface area contributed by atoms with Gasteiger partial charge in [-0.3, -0.25) is 0 Å². The van der Waals surface area contributed by atoms with E-state index in [1.807, 2.05) is 17.8 Å². The Hall–Kier alpha value is -1.55. The lowest BCUT2D eigenvalue weighted by molar-refractivity contribution is 0.378. The Kier molecular flexibility index (Phi) is 8.43. The van der Waals surface area contributed by atoms with Crippen LogP contribution in [0, 0.1) is 0 Å². The molecule has 26 heavy (non-hydrogen) atoms. The predicted molar refractivity (Wildman–Crippen MR) is 120 cm³/mol. The standard InChI is InChI=1S/C18H24N6S.HI/c1-25-14-16-5-3-15(4-6-16)13-22-17(19)23-9-11-24(12-10-23)18-20-7-2-8-21-18;/h2-8H,9-14H2,1H3,(H2,19,22);1H. The summed E-state index contributed by atoms with van der Waals surface area (Å²) in [4.78, 5) is 17.5. The van der Waals surface area contributed by atoms with Crippen molar-refractivity contribution in [3.05, 3.63) is 53.9 Å². The summed E-state index contributed by atoms with van der Waals surface area (Å²) < 4.78 is 0. The van der Waals surface area contributed by atoms with Crippen molar-refractivity contribution < 1.29 is 0 Å². The van der Waals surface area contributed by atoms with E-state index < -0.39 is 0 Å². The summed E-state index contributed by atoms with van der Waals surface area (Å²) in [6.07, 6.45) is 5.66. The van der Waals surface area contributed by atoms with Crippen molar-refractivity contribution in [3.63, 3.8) is 0 Å². The summed E-state index contributed by atoms with van der Waals surface area (Å²) in [5, 5.41) is 0. The molecule has 6 nitrogen and oxygen atoms in total. The summed E-state index contributed by atoms with van der Waals surface area (Å²) in [5.74, 6) is 2.44. The first-order valence-electron chi connectivity index (χ1n) is 8.40. The first kappa shape index (κ1) is 20.8. The number of benzene rings is 1. The van der Waals surface area contributed by atoms with Gasteiger partial charge in [0.05, 0.1) is 6.54 Å². The minimum atomic E-state index is 0. The van der Waals surface area contributed by atoms with Gasteiger partial charge in [0.1, 0.15) is 0 Å². The van der Waals surface area contributed by atoms with Crippen LogP contribution in [0.15, 0.2) is 47.7 Å². The van der Waals surface area contributed by atoms with E-state index in [0.717, 1.165) is 37.9 Å². The van der Waals surface area contributed by atoms with Gasteiger partial charge in [0.15, 0.2) is 5.96 Å². The second-order valence-electron chi connectivity index (χ2n) is 5.95. The molecule has 1 aliphatic rings. The Morgan fingerprint density at radius 1 is 1.08 bits per heavy atom. The molecule has 1 fully saturated rings. The molecule has 2 N–H and O–H groups in total. The maximum absolute atomic E-state index is 6.18. The highest BCUT2D eigenvalue weighted by Gasteiger charge is 2.19. The Bertz CT molecular complexity index is 687. The number of guanidine groups is 1. The Labute approximate surface area is 176 Å². The molecule has 140 valence electrons. The number of hydrogen-bond donors (Lipinski definition) is 1. The SMILES string of the molecule is CSCc1ccc(CN=C(N)N2CCN(c3ncccn3)CC2)cc1.I. The lowest BCUT2D eigenvalue weighted by atomic mass is 10.1. The molecule has 0 spiro atoms. The number of aliphatic imine (C=N–C) groups is 1. The van der Waals surface area contributed by atoms with Gasteiger partial charge in [-0.15, -0.1) is 24.0 Å². The van der Waals surface area contributed by atoms with Crippen molar-refractivity contribution in [2.24, 2.45) is 10.7 Å². The van der Waals surface area contributed by atoms with Crippen LogP contribution in [0.5, 0.6) is 0 Å². The second kappa shape index (κ2) is 10.6. The van der Waals surface area contributed by atoms with Crippen LogP contribution in [0.4, 0.5) is 5.95 Å². The summed E-state index contributed by atoms with van der Waals surface area (Å²) in [5.41, 5.74) is 8.71. The molecular formula is C18H25IN6S. The number of nitrogens with zero attached hydrogens (tertiary/aromatic N) is 5. The molecule has 0 aliphatic carbocycles. The number of halogens is 1. The molecule has 1 saturated heterocycles. The summed E-state index contributed by atoms with van der Waals surface area (Å²) in [6.45, 7) is 3.99. The van der Waals surface area contributed by atoms with Crippen LogP contribution < -0.4 is 10.6 Å². The van der Waals surface area contributed by atoms with E-state index >= 15 is 0 Å². The fraction of sp³-hybridized carbons (Fsp3) is 0.389. The van der Waals surface area contributed by atoms with Gasteiger partial charge in [0.2, 0.25) is 5.95 Å². The first-order chi connectivity index (χ1) is 12.3. The smallest absolute Gasteiger partial charge is 0.225 e. The molecule has 1 aromatic heterocycles. The second-order valence-corrected chi connectivity index (χ2v) is 6.81. The van der Waals surface area contributed by atoms with Gasteiger partial charge in [0, 0.05) is 44.3 Å². The van der Waals surface area contributed by atoms with Gasteiger partial charge in [-0.2, -0.15) is 11.8 Å². The molecule has 0 unspecified atom stereocenters. The van der Waals surface area contributed by atoms with Gasteiger partial charge in [0.25, 0.3) is 0 Å². The molecule has 0 atom stereocenters. The predicted octanol–water partition coefficient (Wildman–Crippen LogP) is 2.59. The van der Waals surface area contributed by atoms with Crippen molar-refractivity contribution >= 4 is 47.6 Å². The Balaban J connectivity index is 0.00000243. The van der Waals surface area contributed by atoms with Crippen LogP contribution in [0.1, 0.15) is 11.1 Å². The normalized spacial score (nSPS) is 14.9. The molecule has 0 radical (unpaired) electrons. The summed E-state index contributed by atoms with van der Waals surface area (Å²) in [7, 11) is 0. The van der Waals surface area contributed by atoms with Crippen LogP contribution in [0.3, 0.4) is 0 Å².